The second kappa shape index (κ2) is 8.13. The minimum Gasteiger partial charge on any atom is -0.463 e. The second-order valence-corrected chi connectivity index (χ2v) is 5.17. The predicted octanol–water partition coefficient (Wildman–Crippen LogP) is 3.61. The largest absolute Gasteiger partial charge is 0.463 e. The maximum absolute atomic E-state index is 12.0. The van der Waals surface area contributed by atoms with Crippen LogP contribution >= 0.6 is 0 Å². The molecule has 0 amide bonds. The van der Waals surface area contributed by atoms with Crippen LogP contribution in [0.1, 0.15) is 34.3 Å². The molecule has 0 aromatic heterocycles. The standard InChI is InChI=1S/C19H20O3/c1-22-19(21)18(20)17-14-8-7-13-16(17)12-6-5-11-15-9-3-2-4-10-15/h2-4,7-10,13-14H,5-6,11-12H2,1H3. The lowest BCUT2D eigenvalue weighted by Gasteiger charge is -2.07. The van der Waals surface area contributed by atoms with Crippen LogP contribution < -0.4 is 0 Å². The molecule has 3 heteroatoms. The normalized spacial score (nSPS) is 10.2. The molecule has 0 atom stereocenters. The number of carbonyl (C=O) groups is 2. The molecule has 0 unspecified atom stereocenters. The third kappa shape index (κ3) is 4.29. The molecule has 0 saturated carbocycles. The van der Waals surface area contributed by atoms with E-state index in [1.165, 1.54) is 12.7 Å². The van der Waals surface area contributed by atoms with Crippen molar-refractivity contribution in [1.29, 1.82) is 0 Å². The Morgan fingerprint density at radius 2 is 1.50 bits per heavy atom. The molecule has 22 heavy (non-hydrogen) atoms. The summed E-state index contributed by atoms with van der Waals surface area (Å²) in [5, 5.41) is 0. The molecule has 0 heterocycles. The molecular formula is C19H20O3. The summed E-state index contributed by atoms with van der Waals surface area (Å²) in [5.41, 5.74) is 2.68. The monoisotopic (exact) mass is 296 g/mol. The van der Waals surface area contributed by atoms with Crippen molar-refractivity contribution in [3.05, 3.63) is 71.3 Å². The number of unbranched alkanes of at least 4 members (excludes halogenated alkanes) is 1. The summed E-state index contributed by atoms with van der Waals surface area (Å²) in [6.45, 7) is 0. The zero-order valence-corrected chi connectivity index (χ0v) is 12.7. The SMILES string of the molecule is COC(=O)C(=O)c1ccccc1CCCCc1ccccc1. The van der Waals surface area contributed by atoms with Crippen LogP contribution in [0.3, 0.4) is 0 Å². The van der Waals surface area contributed by atoms with Crippen molar-refractivity contribution in [1.82, 2.24) is 0 Å². The lowest BCUT2D eigenvalue weighted by atomic mass is 9.97. The van der Waals surface area contributed by atoms with E-state index < -0.39 is 11.8 Å². The van der Waals surface area contributed by atoms with Crippen LogP contribution in [0.25, 0.3) is 0 Å². The van der Waals surface area contributed by atoms with Crippen LogP contribution in [0.2, 0.25) is 0 Å². The number of benzene rings is 2. The number of aryl methyl sites for hydroxylation is 2. The maximum atomic E-state index is 12.0. The molecule has 0 spiro atoms. The lowest BCUT2D eigenvalue weighted by molar-refractivity contribution is -0.135. The number of Topliss-reactive ketones (excluding diaryl/α,β-unsaturated/α-hetero) is 1. The third-order valence-electron chi connectivity index (χ3n) is 3.64. The molecule has 0 aliphatic rings. The van der Waals surface area contributed by atoms with E-state index >= 15 is 0 Å². The first-order chi connectivity index (χ1) is 10.7. The Morgan fingerprint density at radius 3 is 2.23 bits per heavy atom. The van der Waals surface area contributed by atoms with Crippen molar-refractivity contribution >= 4 is 11.8 Å². The predicted molar refractivity (Wildman–Crippen MR) is 85.9 cm³/mol. The fourth-order valence-corrected chi connectivity index (χ4v) is 2.45. The van der Waals surface area contributed by atoms with E-state index in [0.29, 0.717) is 5.56 Å². The Hall–Kier alpha value is -2.42. The molecule has 2 rings (SSSR count). The Kier molecular flexibility index (Phi) is 5.90. The zero-order valence-electron chi connectivity index (χ0n) is 12.7. The van der Waals surface area contributed by atoms with Gasteiger partial charge in [-0.3, -0.25) is 4.79 Å². The van der Waals surface area contributed by atoms with Crippen molar-refractivity contribution in [3.63, 3.8) is 0 Å². The van der Waals surface area contributed by atoms with E-state index in [4.69, 9.17) is 0 Å². The van der Waals surface area contributed by atoms with Gasteiger partial charge in [-0.25, -0.2) is 4.79 Å². The summed E-state index contributed by atoms with van der Waals surface area (Å²) >= 11 is 0. The number of hydrogen-bond acceptors (Lipinski definition) is 3. The van der Waals surface area contributed by atoms with Crippen LogP contribution in [0.15, 0.2) is 54.6 Å². The molecule has 114 valence electrons. The molecule has 0 N–H and O–H groups in total. The van der Waals surface area contributed by atoms with Gasteiger partial charge in [-0.05, 0) is 36.8 Å². The van der Waals surface area contributed by atoms with Crippen LogP contribution in [0, 0.1) is 0 Å². The summed E-state index contributed by atoms with van der Waals surface area (Å²) in [6, 6.07) is 17.6. The summed E-state index contributed by atoms with van der Waals surface area (Å²) in [5.74, 6) is -1.38. The van der Waals surface area contributed by atoms with Crippen LogP contribution in [-0.4, -0.2) is 18.9 Å². The van der Waals surface area contributed by atoms with Crippen molar-refractivity contribution in [3.8, 4) is 0 Å². The van der Waals surface area contributed by atoms with E-state index in [9.17, 15) is 9.59 Å². The number of rotatable bonds is 7. The smallest absolute Gasteiger partial charge is 0.379 e. The average molecular weight is 296 g/mol. The fraction of sp³-hybridized carbons (Fsp3) is 0.263. The lowest BCUT2D eigenvalue weighted by Crippen LogP contribution is -2.17. The highest BCUT2D eigenvalue weighted by Crippen LogP contribution is 2.15. The van der Waals surface area contributed by atoms with Gasteiger partial charge in [0, 0.05) is 5.56 Å². The van der Waals surface area contributed by atoms with Gasteiger partial charge in [0.1, 0.15) is 0 Å². The summed E-state index contributed by atoms with van der Waals surface area (Å²) in [6.07, 6.45) is 3.82. The first-order valence-electron chi connectivity index (χ1n) is 7.47. The van der Waals surface area contributed by atoms with Gasteiger partial charge in [0.05, 0.1) is 7.11 Å². The summed E-state index contributed by atoms with van der Waals surface area (Å²) < 4.78 is 4.52. The average Bonchev–Trinajstić information content (AvgIpc) is 2.58. The minimum atomic E-state index is -0.809. The topological polar surface area (TPSA) is 43.4 Å². The quantitative estimate of drug-likeness (QED) is 0.339. The highest BCUT2D eigenvalue weighted by Gasteiger charge is 2.19. The molecule has 2 aromatic carbocycles. The molecule has 3 nitrogen and oxygen atoms in total. The number of carbonyl (C=O) groups excluding carboxylic acids is 2. The Labute approximate surface area is 130 Å². The third-order valence-corrected chi connectivity index (χ3v) is 3.64. The highest BCUT2D eigenvalue weighted by atomic mass is 16.5. The summed E-state index contributed by atoms with van der Waals surface area (Å²) in [7, 11) is 1.22. The Bertz CT molecular complexity index is 632. The number of esters is 1. The molecule has 0 radical (unpaired) electrons. The van der Waals surface area contributed by atoms with Crippen LogP contribution in [0.4, 0.5) is 0 Å². The maximum Gasteiger partial charge on any atom is 0.379 e. The van der Waals surface area contributed by atoms with Gasteiger partial charge in [-0.1, -0.05) is 54.6 Å². The van der Waals surface area contributed by atoms with Gasteiger partial charge < -0.3 is 4.74 Å². The molecule has 0 fully saturated rings. The molecular weight excluding hydrogens is 276 g/mol. The van der Waals surface area contributed by atoms with E-state index in [-0.39, 0.29) is 0 Å². The zero-order chi connectivity index (χ0) is 15.8. The van der Waals surface area contributed by atoms with E-state index in [1.54, 1.807) is 12.1 Å². The molecule has 2 aromatic rings. The number of ether oxygens (including phenoxy) is 1. The Balaban J connectivity index is 1.93. The van der Waals surface area contributed by atoms with Crippen LogP contribution in [0.5, 0.6) is 0 Å². The van der Waals surface area contributed by atoms with E-state index in [1.807, 2.05) is 30.3 Å². The first-order valence-corrected chi connectivity index (χ1v) is 7.47. The van der Waals surface area contributed by atoms with Gasteiger partial charge >= 0.3 is 5.97 Å². The van der Waals surface area contributed by atoms with Crippen molar-refractivity contribution in [2.75, 3.05) is 7.11 Å². The van der Waals surface area contributed by atoms with Gasteiger partial charge in [0.15, 0.2) is 0 Å². The molecule has 0 aliphatic heterocycles. The van der Waals surface area contributed by atoms with Crippen molar-refractivity contribution in [2.45, 2.75) is 25.7 Å². The molecule has 0 saturated heterocycles. The van der Waals surface area contributed by atoms with Gasteiger partial charge in [0.2, 0.25) is 0 Å². The van der Waals surface area contributed by atoms with Crippen LogP contribution in [-0.2, 0) is 22.4 Å². The van der Waals surface area contributed by atoms with Gasteiger partial charge in [-0.2, -0.15) is 0 Å². The number of hydrogen-bond donors (Lipinski definition) is 0. The van der Waals surface area contributed by atoms with Crippen molar-refractivity contribution < 1.29 is 14.3 Å². The Morgan fingerprint density at radius 1 is 0.864 bits per heavy atom. The molecule has 0 bridgehead atoms. The molecule has 0 aliphatic carbocycles. The fourth-order valence-electron chi connectivity index (χ4n) is 2.45. The number of ketones is 1. The van der Waals surface area contributed by atoms with E-state index in [0.717, 1.165) is 31.2 Å². The van der Waals surface area contributed by atoms with E-state index in [2.05, 4.69) is 16.9 Å². The van der Waals surface area contributed by atoms with Gasteiger partial charge in [0.25, 0.3) is 5.78 Å². The van der Waals surface area contributed by atoms with Crippen molar-refractivity contribution in [2.24, 2.45) is 0 Å². The number of methoxy groups -OCH3 is 1. The first kappa shape index (κ1) is 16.0. The minimum absolute atomic E-state index is 0.453. The summed E-state index contributed by atoms with van der Waals surface area (Å²) in [4.78, 5) is 23.4. The second-order valence-electron chi connectivity index (χ2n) is 5.17. The van der Waals surface area contributed by atoms with Gasteiger partial charge in [-0.15, -0.1) is 0 Å². The highest BCUT2D eigenvalue weighted by molar-refractivity contribution is 6.40.